The number of hydrogen-bond donors (Lipinski definition) is 13. The van der Waals surface area contributed by atoms with Crippen molar-refractivity contribution in [3.8, 4) is 5.75 Å². The Labute approximate surface area is 299 Å². The summed E-state index contributed by atoms with van der Waals surface area (Å²) in [5.41, 5.74) is 12.8. The summed E-state index contributed by atoms with van der Waals surface area (Å²) in [5, 5.41) is 101. The fourth-order valence-electron chi connectivity index (χ4n) is 4.71. The van der Waals surface area contributed by atoms with E-state index >= 15 is 0 Å². The number of guanidine groups is 1. The van der Waals surface area contributed by atoms with Crippen molar-refractivity contribution in [1.82, 2.24) is 20.2 Å². The zero-order chi connectivity index (χ0) is 38.2. The van der Waals surface area contributed by atoms with Gasteiger partial charge in [-0.1, -0.05) is 23.7 Å². The molecule has 15 N–H and O–H groups in total. The molecule has 19 nitrogen and oxygen atoms in total. The molecule has 2 aromatic rings. The van der Waals surface area contributed by atoms with E-state index < -0.39 is 81.0 Å². The second-order valence-corrected chi connectivity index (χ2v) is 12.2. The highest BCUT2D eigenvalue weighted by atomic mass is 35.5. The fraction of sp³-hybridized carbons (Fsp3) is 0.613. The second-order valence-electron chi connectivity index (χ2n) is 11.9. The number of benzene rings is 1. The molecule has 0 radical (unpaired) electrons. The number of nitrogens with one attached hydrogen (secondary N) is 1. The van der Waals surface area contributed by atoms with Gasteiger partial charge in [-0.25, -0.2) is 9.97 Å². The number of aliphatic imine (C=N–C) groups is 1. The molecule has 51 heavy (non-hydrogen) atoms. The van der Waals surface area contributed by atoms with Crippen LogP contribution in [0.2, 0.25) is 5.15 Å². The summed E-state index contributed by atoms with van der Waals surface area (Å²) < 4.78 is 5.77. The number of carbonyl (C=O) groups is 1. The normalized spacial score (nSPS) is 16.9. The molecule has 0 aliphatic rings. The summed E-state index contributed by atoms with van der Waals surface area (Å²) in [6.07, 6.45) is -12.3. The van der Waals surface area contributed by atoms with Gasteiger partial charge in [0.15, 0.2) is 22.6 Å². The molecular formula is C31H50ClN7O12. The van der Waals surface area contributed by atoms with E-state index in [1.807, 2.05) is 12.1 Å². The SMILES string of the molecule is Cc1nc(N)c(C(=O)NC(N)=NCCCCc2ccc(OCCN(C[C@H](O)[C@@H](O)[C@H](O)[C@H](O)CO)C[C@H](O)[C@@H](O)[C@H](O)[C@H](O)CO)cc2)nc1Cl. The third kappa shape index (κ3) is 14.3. The summed E-state index contributed by atoms with van der Waals surface area (Å²) in [4.78, 5) is 25.7. The number of hydrogen-bond acceptors (Lipinski definition) is 17. The number of unbranched alkanes of at least 4 members (excludes halogenated alkanes) is 1. The van der Waals surface area contributed by atoms with Crippen molar-refractivity contribution in [3.05, 3.63) is 46.4 Å². The molecule has 0 aliphatic carbocycles. The molecule has 20 heteroatoms. The molecule has 0 aliphatic heterocycles. The number of aromatic nitrogens is 2. The van der Waals surface area contributed by atoms with Gasteiger partial charge in [0.25, 0.3) is 5.91 Å². The van der Waals surface area contributed by atoms with Gasteiger partial charge in [0.1, 0.15) is 49.0 Å². The molecule has 1 heterocycles. The predicted octanol–water partition coefficient (Wildman–Crippen LogP) is -4.36. The molecule has 0 bridgehead atoms. The number of nitrogens with zero attached hydrogens (tertiary/aromatic N) is 4. The first-order chi connectivity index (χ1) is 24.1. The van der Waals surface area contributed by atoms with Gasteiger partial charge in [-0.05, 0) is 43.9 Å². The molecular weight excluding hydrogens is 698 g/mol. The number of nitrogens with two attached hydrogens (primary N) is 2. The molecule has 1 aromatic heterocycles. The molecule has 8 atom stereocenters. The number of aryl methyl sites for hydroxylation is 2. The van der Waals surface area contributed by atoms with Gasteiger partial charge < -0.3 is 67.3 Å². The fourth-order valence-corrected chi connectivity index (χ4v) is 4.84. The van der Waals surface area contributed by atoms with Crippen molar-refractivity contribution in [3.63, 3.8) is 0 Å². The summed E-state index contributed by atoms with van der Waals surface area (Å²) in [6.45, 7) is -0.633. The van der Waals surface area contributed by atoms with E-state index in [1.54, 1.807) is 19.1 Å². The number of rotatable bonds is 22. The molecule has 0 saturated heterocycles. The van der Waals surface area contributed by atoms with Gasteiger partial charge in [0.05, 0.1) is 31.1 Å². The van der Waals surface area contributed by atoms with Crippen LogP contribution in [0.15, 0.2) is 29.3 Å². The van der Waals surface area contributed by atoms with Crippen LogP contribution in [0.3, 0.4) is 0 Å². The predicted molar refractivity (Wildman–Crippen MR) is 184 cm³/mol. The Hall–Kier alpha value is -3.31. The first kappa shape index (κ1) is 43.9. The van der Waals surface area contributed by atoms with Crippen molar-refractivity contribution in [2.24, 2.45) is 10.7 Å². The van der Waals surface area contributed by atoms with E-state index in [1.165, 1.54) is 4.90 Å². The Morgan fingerprint density at radius 3 is 1.94 bits per heavy atom. The topological polar surface area (TPSA) is 334 Å². The van der Waals surface area contributed by atoms with Crippen molar-refractivity contribution in [2.75, 3.05) is 51.7 Å². The minimum absolute atomic E-state index is 0.00371. The van der Waals surface area contributed by atoms with Gasteiger partial charge in [-0.3, -0.25) is 20.0 Å². The zero-order valence-electron chi connectivity index (χ0n) is 28.1. The third-order valence-corrected chi connectivity index (χ3v) is 8.15. The van der Waals surface area contributed by atoms with Crippen LogP contribution in [0.25, 0.3) is 0 Å². The highest BCUT2D eigenvalue weighted by molar-refractivity contribution is 6.30. The molecule has 2 rings (SSSR count). The summed E-state index contributed by atoms with van der Waals surface area (Å²) >= 11 is 5.92. The largest absolute Gasteiger partial charge is 0.492 e. The quantitative estimate of drug-likeness (QED) is 0.0307. The number of halogens is 1. The summed E-state index contributed by atoms with van der Waals surface area (Å²) in [6, 6.07) is 7.16. The Balaban J connectivity index is 1.88. The smallest absolute Gasteiger partial charge is 0.280 e. The van der Waals surface area contributed by atoms with E-state index in [2.05, 4.69) is 20.3 Å². The van der Waals surface area contributed by atoms with Gasteiger partial charge in [0.2, 0.25) is 0 Å². The molecule has 1 aromatic carbocycles. The number of ether oxygens (including phenoxy) is 1. The lowest BCUT2D eigenvalue weighted by Gasteiger charge is -2.33. The lowest BCUT2D eigenvalue weighted by molar-refractivity contribution is -0.130. The van der Waals surface area contributed by atoms with E-state index in [4.69, 9.17) is 38.0 Å². The molecule has 0 saturated carbocycles. The number of nitrogen functional groups attached to an aromatic ring is 1. The van der Waals surface area contributed by atoms with Crippen molar-refractivity contribution < 1.29 is 60.6 Å². The second kappa shape index (κ2) is 21.9. The standard InChI is InChI=1S/C31H50ClN7O12/c1-16-28(32)37-23(29(33)36-16)30(50)38-31(34)35-9-3-2-4-17-5-7-18(8-6-17)51-11-10-39(12-19(42)24(46)26(48)21(44)14-40)13-20(43)25(47)27(49)22(45)15-41/h5-8,19-22,24-27,40-49H,2-4,9-15H2,1H3,(H2,33,36)(H3,34,35,38,50)/t19-,20-,21+,22+,24+,25+,26+,27+/m0/s1. The van der Waals surface area contributed by atoms with E-state index in [9.17, 15) is 45.6 Å². The maximum atomic E-state index is 12.4. The van der Waals surface area contributed by atoms with Crippen LogP contribution in [-0.2, 0) is 6.42 Å². The first-order valence-corrected chi connectivity index (χ1v) is 16.5. The lowest BCUT2D eigenvalue weighted by atomic mass is 10.0. The number of anilines is 1. The number of carbonyl (C=O) groups excluding carboxylic acids is 1. The van der Waals surface area contributed by atoms with Crippen LogP contribution >= 0.6 is 11.6 Å². The van der Waals surface area contributed by atoms with Crippen LogP contribution in [0.5, 0.6) is 5.75 Å². The maximum Gasteiger partial charge on any atom is 0.280 e. The highest BCUT2D eigenvalue weighted by Gasteiger charge is 2.34. The Kier molecular flexibility index (Phi) is 18.8. The van der Waals surface area contributed by atoms with Gasteiger partial charge in [0, 0.05) is 26.2 Å². The van der Waals surface area contributed by atoms with Crippen LogP contribution in [0.1, 0.15) is 34.6 Å². The zero-order valence-corrected chi connectivity index (χ0v) is 28.9. The first-order valence-electron chi connectivity index (χ1n) is 16.1. The monoisotopic (exact) mass is 747 g/mol. The van der Waals surface area contributed by atoms with E-state index in [-0.39, 0.29) is 35.8 Å². The Morgan fingerprint density at radius 2 is 1.41 bits per heavy atom. The van der Waals surface area contributed by atoms with Crippen LogP contribution in [-0.4, -0.2) is 173 Å². The van der Waals surface area contributed by atoms with Crippen LogP contribution in [0.4, 0.5) is 5.82 Å². The third-order valence-electron chi connectivity index (χ3n) is 7.79. The van der Waals surface area contributed by atoms with E-state index in [0.29, 0.717) is 30.8 Å². The van der Waals surface area contributed by atoms with Crippen molar-refractivity contribution >= 4 is 29.3 Å². The average Bonchev–Trinajstić information content (AvgIpc) is 3.11. The minimum atomic E-state index is -1.89. The van der Waals surface area contributed by atoms with Crippen LogP contribution < -0.4 is 21.5 Å². The molecule has 0 spiro atoms. The lowest BCUT2D eigenvalue weighted by Crippen LogP contribution is -2.53. The number of amides is 1. The van der Waals surface area contributed by atoms with Crippen molar-refractivity contribution in [1.29, 1.82) is 0 Å². The Morgan fingerprint density at radius 1 is 0.882 bits per heavy atom. The van der Waals surface area contributed by atoms with Crippen molar-refractivity contribution in [2.45, 2.75) is 75.0 Å². The van der Waals surface area contributed by atoms with Gasteiger partial charge >= 0.3 is 0 Å². The molecule has 0 unspecified atom stereocenters. The van der Waals surface area contributed by atoms with E-state index in [0.717, 1.165) is 12.0 Å². The number of aliphatic hydroxyl groups excluding tert-OH is 10. The average molecular weight is 748 g/mol. The molecule has 0 fully saturated rings. The van der Waals surface area contributed by atoms with Gasteiger partial charge in [-0.2, -0.15) is 0 Å². The molecule has 1 amide bonds. The minimum Gasteiger partial charge on any atom is -0.492 e. The van der Waals surface area contributed by atoms with Crippen LogP contribution in [0, 0.1) is 6.92 Å². The Bertz CT molecular complexity index is 1350. The van der Waals surface area contributed by atoms with Gasteiger partial charge in [-0.15, -0.1) is 0 Å². The summed E-state index contributed by atoms with van der Waals surface area (Å²) in [5.74, 6) is -0.394. The maximum absolute atomic E-state index is 12.4. The number of aliphatic hydroxyl groups is 10. The highest BCUT2D eigenvalue weighted by Crippen LogP contribution is 2.16. The summed E-state index contributed by atoms with van der Waals surface area (Å²) in [7, 11) is 0. The molecule has 288 valence electrons.